The molecule has 0 spiro atoms. The number of carbonyl (C=O) groups excluding carboxylic acids is 1. The Kier molecular flexibility index (Phi) is 6.43. The van der Waals surface area contributed by atoms with Crippen LogP contribution in [-0.4, -0.2) is 45.1 Å². The Morgan fingerprint density at radius 3 is 2.83 bits per heavy atom. The van der Waals surface area contributed by atoms with Crippen molar-refractivity contribution in [1.82, 2.24) is 20.1 Å². The molecule has 3 aromatic rings. The summed E-state index contributed by atoms with van der Waals surface area (Å²) in [6.07, 6.45) is 5.28. The molecule has 7 nitrogen and oxygen atoms in total. The second-order valence-electron chi connectivity index (χ2n) is 7.12. The summed E-state index contributed by atoms with van der Waals surface area (Å²) < 4.78 is 0. The van der Waals surface area contributed by atoms with Crippen molar-refractivity contribution in [1.29, 1.82) is 0 Å². The minimum Gasteiger partial charge on any atom is -0.369 e. The van der Waals surface area contributed by atoms with Crippen molar-refractivity contribution in [2.75, 3.05) is 23.7 Å². The van der Waals surface area contributed by atoms with Crippen molar-refractivity contribution in [3.63, 3.8) is 0 Å². The van der Waals surface area contributed by atoms with Gasteiger partial charge in [0.1, 0.15) is 11.3 Å². The topological polar surface area (TPSA) is 83.0 Å². The fourth-order valence-electron chi connectivity index (χ4n) is 3.57. The van der Waals surface area contributed by atoms with E-state index in [1.165, 1.54) is 36.2 Å². The van der Waals surface area contributed by atoms with Gasteiger partial charge in [-0.2, -0.15) is 0 Å². The van der Waals surface area contributed by atoms with Crippen LogP contribution >= 0.6 is 11.3 Å². The van der Waals surface area contributed by atoms with E-state index in [4.69, 9.17) is 0 Å². The van der Waals surface area contributed by atoms with Crippen LogP contribution in [0.3, 0.4) is 0 Å². The van der Waals surface area contributed by atoms with Gasteiger partial charge in [-0.25, -0.2) is 4.98 Å². The standard InChI is InChI=1S/C21H24N6OS/c28-20(25-21-26-24-15-29-21)17-9-10-19(22-12-17)23-13-18-8-4-5-11-27(18)14-16-6-2-1-3-7-16/h1-3,6-7,9-10,12,15,18H,4-5,8,11,13-14H2,(H,22,23)(H,25,26,28). The Morgan fingerprint density at radius 1 is 1.17 bits per heavy atom. The highest BCUT2D eigenvalue weighted by Gasteiger charge is 2.22. The van der Waals surface area contributed by atoms with Crippen LogP contribution in [0.2, 0.25) is 0 Å². The number of likely N-dealkylation sites (tertiary alicyclic amines) is 1. The van der Waals surface area contributed by atoms with Gasteiger partial charge in [0.2, 0.25) is 5.13 Å². The molecular formula is C21H24N6OS. The third kappa shape index (κ3) is 5.36. The quantitative estimate of drug-likeness (QED) is 0.621. The number of hydrogen-bond donors (Lipinski definition) is 2. The maximum Gasteiger partial charge on any atom is 0.259 e. The minimum absolute atomic E-state index is 0.234. The van der Waals surface area contributed by atoms with E-state index < -0.39 is 0 Å². The summed E-state index contributed by atoms with van der Waals surface area (Å²) in [6, 6.07) is 14.7. The highest BCUT2D eigenvalue weighted by molar-refractivity contribution is 7.13. The third-order valence-electron chi connectivity index (χ3n) is 5.10. The molecule has 0 aliphatic carbocycles. The Hall–Kier alpha value is -2.84. The Morgan fingerprint density at radius 2 is 2.07 bits per heavy atom. The molecule has 3 heterocycles. The lowest BCUT2D eigenvalue weighted by Crippen LogP contribution is -2.43. The lowest BCUT2D eigenvalue weighted by Gasteiger charge is -2.36. The first-order valence-electron chi connectivity index (χ1n) is 9.83. The summed E-state index contributed by atoms with van der Waals surface area (Å²) in [7, 11) is 0. The monoisotopic (exact) mass is 408 g/mol. The molecule has 2 aromatic heterocycles. The number of nitrogens with one attached hydrogen (secondary N) is 2. The summed E-state index contributed by atoms with van der Waals surface area (Å²) >= 11 is 1.28. The predicted molar refractivity (Wildman–Crippen MR) is 115 cm³/mol. The molecule has 29 heavy (non-hydrogen) atoms. The highest BCUT2D eigenvalue weighted by Crippen LogP contribution is 2.20. The molecule has 150 valence electrons. The first-order chi connectivity index (χ1) is 14.3. The number of carbonyl (C=O) groups is 1. The maximum atomic E-state index is 12.2. The van der Waals surface area contributed by atoms with Crippen molar-refractivity contribution in [3.8, 4) is 0 Å². The van der Waals surface area contributed by atoms with Crippen LogP contribution in [0.1, 0.15) is 35.2 Å². The summed E-state index contributed by atoms with van der Waals surface area (Å²) in [5, 5.41) is 14.2. The SMILES string of the molecule is O=C(Nc1nncs1)c1ccc(NCC2CCCCN2Cc2ccccc2)nc1. The molecule has 1 saturated heterocycles. The zero-order valence-electron chi connectivity index (χ0n) is 16.1. The first-order valence-corrected chi connectivity index (χ1v) is 10.7. The van der Waals surface area contributed by atoms with Crippen LogP contribution in [0.25, 0.3) is 0 Å². The number of rotatable bonds is 7. The zero-order chi connectivity index (χ0) is 19.9. The molecule has 1 atom stereocenters. The molecule has 1 amide bonds. The average Bonchev–Trinajstić information content (AvgIpc) is 3.27. The minimum atomic E-state index is -0.234. The fourth-order valence-corrected chi connectivity index (χ4v) is 4.01. The molecule has 0 radical (unpaired) electrons. The third-order valence-corrected chi connectivity index (χ3v) is 5.71. The number of anilines is 2. The molecule has 0 saturated carbocycles. The number of amides is 1. The highest BCUT2D eigenvalue weighted by atomic mass is 32.1. The molecule has 0 bridgehead atoms. The van der Waals surface area contributed by atoms with E-state index in [9.17, 15) is 4.79 Å². The number of benzene rings is 1. The predicted octanol–water partition coefficient (Wildman–Crippen LogP) is 3.65. The Bertz CT molecular complexity index is 901. The van der Waals surface area contributed by atoms with Gasteiger partial charge >= 0.3 is 0 Å². The van der Waals surface area contributed by atoms with E-state index in [1.807, 2.05) is 6.07 Å². The molecule has 8 heteroatoms. The molecule has 4 rings (SSSR count). The van der Waals surface area contributed by atoms with E-state index >= 15 is 0 Å². The van der Waals surface area contributed by atoms with Crippen LogP contribution < -0.4 is 10.6 Å². The van der Waals surface area contributed by atoms with Crippen LogP contribution in [-0.2, 0) is 6.54 Å². The maximum absolute atomic E-state index is 12.2. The summed E-state index contributed by atoms with van der Waals surface area (Å²) in [4.78, 5) is 19.2. The van der Waals surface area contributed by atoms with Crippen LogP contribution in [0, 0.1) is 0 Å². The van der Waals surface area contributed by atoms with Crippen molar-refractivity contribution < 1.29 is 4.79 Å². The van der Waals surface area contributed by atoms with Crippen LogP contribution in [0.5, 0.6) is 0 Å². The van der Waals surface area contributed by atoms with Gasteiger partial charge in [0, 0.05) is 25.3 Å². The van der Waals surface area contributed by atoms with Gasteiger partial charge in [0.05, 0.1) is 5.56 Å². The van der Waals surface area contributed by atoms with E-state index in [2.05, 4.69) is 61.0 Å². The number of pyridine rings is 1. The molecule has 1 fully saturated rings. The molecule has 1 aromatic carbocycles. The molecular weight excluding hydrogens is 384 g/mol. The number of aromatic nitrogens is 3. The number of nitrogens with zero attached hydrogens (tertiary/aromatic N) is 4. The molecule has 2 N–H and O–H groups in total. The first kappa shape index (κ1) is 19.5. The summed E-state index contributed by atoms with van der Waals surface area (Å²) in [6.45, 7) is 2.95. The summed E-state index contributed by atoms with van der Waals surface area (Å²) in [5.41, 5.74) is 3.42. The zero-order valence-corrected chi connectivity index (χ0v) is 16.9. The van der Waals surface area contributed by atoms with Crippen molar-refractivity contribution in [2.24, 2.45) is 0 Å². The van der Waals surface area contributed by atoms with Crippen LogP contribution in [0.15, 0.2) is 54.2 Å². The second kappa shape index (κ2) is 9.58. The lowest BCUT2D eigenvalue weighted by molar-refractivity contribution is 0.102. The largest absolute Gasteiger partial charge is 0.369 e. The van der Waals surface area contributed by atoms with E-state index in [1.54, 1.807) is 17.8 Å². The van der Waals surface area contributed by atoms with Crippen molar-refractivity contribution >= 4 is 28.2 Å². The molecule has 1 aliphatic heterocycles. The number of piperidine rings is 1. The van der Waals surface area contributed by atoms with E-state index in [-0.39, 0.29) is 5.91 Å². The van der Waals surface area contributed by atoms with Gasteiger partial charge in [-0.3, -0.25) is 15.0 Å². The van der Waals surface area contributed by atoms with E-state index in [0.717, 1.165) is 25.5 Å². The molecule has 1 unspecified atom stereocenters. The van der Waals surface area contributed by atoms with Gasteiger partial charge in [-0.15, -0.1) is 10.2 Å². The van der Waals surface area contributed by atoms with Crippen molar-refractivity contribution in [2.45, 2.75) is 31.8 Å². The number of hydrogen-bond acceptors (Lipinski definition) is 7. The summed E-state index contributed by atoms with van der Waals surface area (Å²) in [5.74, 6) is 0.546. The van der Waals surface area contributed by atoms with Gasteiger partial charge in [0.25, 0.3) is 5.91 Å². The fraction of sp³-hybridized carbons (Fsp3) is 0.333. The van der Waals surface area contributed by atoms with Crippen LogP contribution in [0.4, 0.5) is 10.9 Å². The lowest BCUT2D eigenvalue weighted by atomic mass is 10.0. The smallest absolute Gasteiger partial charge is 0.259 e. The van der Waals surface area contributed by atoms with E-state index in [0.29, 0.717) is 16.7 Å². The average molecular weight is 409 g/mol. The molecule has 1 aliphatic rings. The van der Waals surface area contributed by atoms with Crippen molar-refractivity contribution in [3.05, 3.63) is 65.3 Å². The van der Waals surface area contributed by atoms with Gasteiger partial charge in [-0.05, 0) is 37.1 Å². The van der Waals surface area contributed by atoms with Gasteiger partial charge in [-0.1, -0.05) is 48.1 Å². The van der Waals surface area contributed by atoms with Gasteiger partial charge < -0.3 is 5.32 Å². The Labute approximate surface area is 174 Å². The second-order valence-corrected chi connectivity index (χ2v) is 7.95. The Balaban J connectivity index is 1.32. The normalized spacial score (nSPS) is 17.0. The van der Waals surface area contributed by atoms with Gasteiger partial charge in [0.15, 0.2) is 0 Å².